The maximum Gasteiger partial charge on any atom is 0.255 e. The van der Waals surface area contributed by atoms with E-state index in [4.69, 9.17) is 4.74 Å². The van der Waals surface area contributed by atoms with Crippen molar-refractivity contribution >= 4 is 23.4 Å². The molecule has 0 saturated carbocycles. The Balaban J connectivity index is 1.41. The molecule has 1 aliphatic heterocycles. The molecule has 0 spiro atoms. The highest BCUT2D eigenvalue weighted by Crippen LogP contribution is 2.43. The van der Waals surface area contributed by atoms with Crippen LogP contribution in [0.4, 0.5) is 5.69 Å². The molecule has 30 heavy (non-hydrogen) atoms. The lowest BCUT2D eigenvalue weighted by atomic mass is 10.1. The lowest BCUT2D eigenvalue weighted by molar-refractivity contribution is 0.102. The summed E-state index contributed by atoms with van der Waals surface area (Å²) in [4.78, 5) is 17.1. The van der Waals surface area contributed by atoms with Crippen molar-refractivity contribution in [3.8, 4) is 5.75 Å². The third kappa shape index (κ3) is 4.70. The summed E-state index contributed by atoms with van der Waals surface area (Å²) < 4.78 is 8.04. The standard InChI is InChI=1S/C24H27N3O2S/c1-17(2)6-5-13-29-20-9-3-7-18(14-20)23(28)26-21-10-12-27-22(21)16-30-24(27)19-8-4-11-25-15-19/h3-4,7-12,14-15,17,24H,5-6,13,16H2,1-2H3,(H,26,28). The quantitative estimate of drug-likeness (QED) is 0.471. The Morgan fingerprint density at radius 1 is 1.30 bits per heavy atom. The summed E-state index contributed by atoms with van der Waals surface area (Å²) in [6, 6.07) is 13.4. The van der Waals surface area contributed by atoms with Gasteiger partial charge in [-0.25, -0.2) is 0 Å². The Morgan fingerprint density at radius 2 is 2.20 bits per heavy atom. The zero-order chi connectivity index (χ0) is 20.9. The van der Waals surface area contributed by atoms with Crippen molar-refractivity contribution in [3.05, 3.63) is 77.9 Å². The number of fused-ring (bicyclic) bond motifs is 1. The van der Waals surface area contributed by atoms with Crippen molar-refractivity contribution < 1.29 is 9.53 Å². The Labute approximate surface area is 181 Å². The number of nitrogens with zero attached hydrogens (tertiary/aromatic N) is 2. The molecule has 156 valence electrons. The second-order valence-corrected chi connectivity index (χ2v) is 8.97. The predicted molar refractivity (Wildman–Crippen MR) is 122 cm³/mol. The summed E-state index contributed by atoms with van der Waals surface area (Å²) in [5.74, 6) is 2.14. The van der Waals surface area contributed by atoms with Crippen molar-refractivity contribution in [2.45, 2.75) is 37.8 Å². The van der Waals surface area contributed by atoms with Gasteiger partial charge in [0.05, 0.1) is 18.0 Å². The van der Waals surface area contributed by atoms with Crippen LogP contribution in [0.25, 0.3) is 0 Å². The molecule has 2 aromatic heterocycles. The normalized spacial score (nSPS) is 15.2. The Bertz CT molecular complexity index is 1000. The summed E-state index contributed by atoms with van der Waals surface area (Å²) in [5.41, 5.74) is 3.76. The van der Waals surface area contributed by atoms with Gasteiger partial charge in [-0.2, -0.15) is 0 Å². The Hall–Kier alpha value is -2.73. The smallest absolute Gasteiger partial charge is 0.255 e. The van der Waals surface area contributed by atoms with Gasteiger partial charge in [-0.1, -0.05) is 26.0 Å². The van der Waals surface area contributed by atoms with Crippen LogP contribution in [-0.2, 0) is 5.75 Å². The van der Waals surface area contributed by atoms with E-state index in [1.807, 2.05) is 60.6 Å². The molecule has 0 fully saturated rings. The van der Waals surface area contributed by atoms with E-state index in [1.54, 1.807) is 6.20 Å². The molecule has 6 heteroatoms. The van der Waals surface area contributed by atoms with E-state index in [0.29, 0.717) is 18.1 Å². The lowest BCUT2D eigenvalue weighted by Crippen LogP contribution is -2.13. The van der Waals surface area contributed by atoms with Gasteiger partial charge in [-0.15, -0.1) is 11.8 Å². The fourth-order valence-corrected chi connectivity index (χ4v) is 4.90. The minimum absolute atomic E-state index is 0.119. The van der Waals surface area contributed by atoms with Crippen molar-refractivity contribution in [2.24, 2.45) is 5.92 Å². The van der Waals surface area contributed by atoms with Crippen LogP contribution in [0.5, 0.6) is 5.75 Å². The number of rotatable bonds is 8. The molecular weight excluding hydrogens is 394 g/mol. The van der Waals surface area contributed by atoms with Gasteiger partial charge in [0.25, 0.3) is 5.91 Å². The minimum atomic E-state index is -0.119. The van der Waals surface area contributed by atoms with Crippen LogP contribution < -0.4 is 10.1 Å². The van der Waals surface area contributed by atoms with Crippen molar-refractivity contribution in [1.82, 2.24) is 9.55 Å². The van der Waals surface area contributed by atoms with Crippen molar-refractivity contribution in [1.29, 1.82) is 0 Å². The van der Waals surface area contributed by atoms with Crippen LogP contribution in [0.1, 0.15) is 53.7 Å². The monoisotopic (exact) mass is 421 g/mol. The molecule has 0 saturated heterocycles. The molecule has 0 bridgehead atoms. The van der Waals surface area contributed by atoms with E-state index in [1.165, 1.54) is 0 Å². The largest absolute Gasteiger partial charge is 0.494 e. The summed E-state index contributed by atoms with van der Waals surface area (Å²) in [6.45, 7) is 5.09. The third-order valence-electron chi connectivity index (χ3n) is 5.16. The van der Waals surface area contributed by atoms with Crippen molar-refractivity contribution in [3.63, 3.8) is 0 Å². The summed E-state index contributed by atoms with van der Waals surface area (Å²) in [6.07, 6.45) is 7.88. The van der Waals surface area contributed by atoms with Gasteiger partial charge in [0, 0.05) is 35.5 Å². The van der Waals surface area contributed by atoms with Gasteiger partial charge >= 0.3 is 0 Å². The van der Waals surface area contributed by atoms with Gasteiger partial charge < -0.3 is 14.6 Å². The maximum atomic E-state index is 12.8. The number of amides is 1. The molecule has 1 unspecified atom stereocenters. The molecule has 3 heterocycles. The van der Waals surface area contributed by atoms with Gasteiger partial charge in [0.15, 0.2) is 0 Å². The molecule has 4 rings (SSSR count). The van der Waals surface area contributed by atoms with Gasteiger partial charge in [0.2, 0.25) is 0 Å². The average molecular weight is 422 g/mol. The minimum Gasteiger partial charge on any atom is -0.494 e. The van der Waals surface area contributed by atoms with Gasteiger partial charge in [-0.05, 0) is 49.1 Å². The van der Waals surface area contributed by atoms with Crippen LogP contribution in [-0.4, -0.2) is 22.1 Å². The number of carbonyl (C=O) groups is 1. The number of carbonyl (C=O) groups excluding carboxylic acids is 1. The van der Waals surface area contributed by atoms with E-state index in [2.05, 4.69) is 34.8 Å². The number of pyridine rings is 1. The lowest BCUT2D eigenvalue weighted by Gasteiger charge is -2.12. The highest BCUT2D eigenvalue weighted by molar-refractivity contribution is 7.99. The predicted octanol–water partition coefficient (Wildman–Crippen LogP) is 5.74. The Morgan fingerprint density at radius 3 is 3.00 bits per heavy atom. The molecule has 1 aliphatic rings. The number of ether oxygens (including phenoxy) is 1. The molecule has 3 aromatic rings. The first-order chi connectivity index (χ1) is 14.6. The van der Waals surface area contributed by atoms with Crippen molar-refractivity contribution in [2.75, 3.05) is 11.9 Å². The van der Waals surface area contributed by atoms with Crippen LogP contribution in [0.3, 0.4) is 0 Å². The molecule has 0 aliphatic carbocycles. The Kier molecular flexibility index (Phi) is 6.43. The average Bonchev–Trinajstić information content (AvgIpc) is 3.35. The molecular formula is C24H27N3O2S. The highest BCUT2D eigenvalue weighted by Gasteiger charge is 2.27. The number of aromatic nitrogens is 2. The third-order valence-corrected chi connectivity index (χ3v) is 6.42. The van der Waals surface area contributed by atoms with Crippen LogP contribution in [0, 0.1) is 5.92 Å². The zero-order valence-electron chi connectivity index (χ0n) is 17.4. The molecule has 1 atom stereocenters. The zero-order valence-corrected chi connectivity index (χ0v) is 18.2. The summed E-state index contributed by atoms with van der Waals surface area (Å²) >= 11 is 1.84. The number of hydrogen-bond donors (Lipinski definition) is 1. The van der Waals surface area contributed by atoms with Gasteiger partial charge in [-0.3, -0.25) is 9.78 Å². The van der Waals surface area contributed by atoms with E-state index in [9.17, 15) is 4.79 Å². The topological polar surface area (TPSA) is 56.1 Å². The van der Waals surface area contributed by atoms with Crippen LogP contribution in [0.15, 0.2) is 61.1 Å². The molecule has 1 amide bonds. The van der Waals surface area contributed by atoms with Gasteiger partial charge in [0.1, 0.15) is 11.1 Å². The van der Waals surface area contributed by atoms with E-state index < -0.39 is 0 Å². The molecule has 5 nitrogen and oxygen atoms in total. The van der Waals surface area contributed by atoms with Crippen LogP contribution in [0.2, 0.25) is 0 Å². The SMILES string of the molecule is CC(C)CCCOc1cccc(C(=O)Nc2ccn3c2CSC3c2cccnc2)c1. The highest BCUT2D eigenvalue weighted by atomic mass is 32.2. The fraction of sp³-hybridized carbons (Fsp3) is 0.333. The number of nitrogens with one attached hydrogen (secondary N) is 1. The number of thioether (sulfide) groups is 1. The molecule has 1 N–H and O–H groups in total. The van der Waals surface area contributed by atoms with E-state index in [-0.39, 0.29) is 11.3 Å². The summed E-state index contributed by atoms with van der Waals surface area (Å²) in [7, 11) is 0. The second-order valence-electron chi connectivity index (χ2n) is 7.90. The number of hydrogen-bond acceptors (Lipinski definition) is 4. The van der Waals surface area contributed by atoms with E-state index >= 15 is 0 Å². The fourth-order valence-electron chi connectivity index (χ4n) is 3.59. The number of benzene rings is 1. The maximum absolute atomic E-state index is 12.8. The summed E-state index contributed by atoms with van der Waals surface area (Å²) in [5, 5.41) is 3.27. The molecule has 1 aromatic carbocycles. The first kappa shape index (κ1) is 20.5. The first-order valence-corrected chi connectivity index (χ1v) is 11.4. The molecule has 0 radical (unpaired) electrons. The van der Waals surface area contributed by atoms with Crippen LogP contribution >= 0.6 is 11.8 Å². The second kappa shape index (κ2) is 9.39. The first-order valence-electron chi connectivity index (χ1n) is 10.4. The number of anilines is 1. The van der Waals surface area contributed by atoms with E-state index in [0.717, 1.165) is 41.3 Å².